The van der Waals surface area contributed by atoms with E-state index in [2.05, 4.69) is 6.92 Å². The van der Waals surface area contributed by atoms with Gasteiger partial charge >= 0.3 is 0 Å². The monoisotopic (exact) mass is 422 g/mol. The molecular weight excluding hydrogens is 399 g/mol. The van der Waals surface area contributed by atoms with Crippen LogP contribution < -0.4 is 0 Å². The minimum Gasteiger partial charge on any atom is -0.335 e. The molecule has 0 radical (unpaired) electrons. The molecule has 1 saturated heterocycles. The van der Waals surface area contributed by atoms with E-state index in [4.69, 9.17) is 0 Å². The van der Waals surface area contributed by atoms with Crippen molar-refractivity contribution in [2.75, 3.05) is 26.2 Å². The molecule has 0 unspecified atom stereocenters. The van der Waals surface area contributed by atoms with Gasteiger partial charge < -0.3 is 4.90 Å². The van der Waals surface area contributed by atoms with Crippen molar-refractivity contribution >= 4 is 27.3 Å². The molecule has 1 amide bonds. The van der Waals surface area contributed by atoms with Gasteiger partial charge in [0.05, 0.1) is 9.77 Å². The first-order chi connectivity index (χ1) is 13.3. The quantitative estimate of drug-likeness (QED) is 0.764. The number of hydrogen-bond donors (Lipinski definition) is 0. The van der Waals surface area contributed by atoms with Crippen molar-refractivity contribution in [1.82, 2.24) is 9.21 Å². The van der Waals surface area contributed by atoms with Crippen LogP contribution in [0.1, 0.15) is 33.5 Å². The number of aryl methyl sites for hydroxylation is 1. The van der Waals surface area contributed by atoms with Gasteiger partial charge in [-0.3, -0.25) is 4.79 Å². The van der Waals surface area contributed by atoms with E-state index in [1.54, 1.807) is 16.2 Å². The molecule has 1 aliphatic carbocycles. The fourth-order valence-electron chi connectivity index (χ4n) is 3.85. The molecule has 4 rings (SSSR count). The number of amides is 1. The van der Waals surface area contributed by atoms with Gasteiger partial charge in [0.15, 0.2) is 0 Å². The van der Waals surface area contributed by atoms with E-state index < -0.39 is 15.8 Å². The average molecular weight is 423 g/mol. The van der Waals surface area contributed by atoms with Crippen LogP contribution in [0.2, 0.25) is 0 Å². The van der Waals surface area contributed by atoms with Crippen molar-refractivity contribution in [2.45, 2.75) is 31.1 Å². The highest BCUT2D eigenvalue weighted by Gasteiger charge is 2.31. The van der Waals surface area contributed by atoms with Crippen molar-refractivity contribution < 1.29 is 17.6 Å². The molecule has 2 aliphatic rings. The molecule has 0 N–H and O–H groups in total. The van der Waals surface area contributed by atoms with Crippen LogP contribution in [0.15, 0.2) is 35.2 Å². The van der Waals surface area contributed by atoms with Crippen LogP contribution in [0.3, 0.4) is 0 Å². The number of nitrogens with zero attached hydrogens (tertiary/aromatic N) is 2. The first kappa shape index (κ1) is 19.5. The maximum Gasteiger partial charge on any atom is 0.264 e. The molecule has 150 valence electrons. The third-order valence-corrected chi connectivity index (χ3v) is 8.66. The molecule has 8 heteroatoms. The summed E-state index contributed by atoms with van der Waals surface area (Å²) in [6.07, 6.45) is 3.24. The number of thiophene rings is 1. The molecular formula is C20H23FN2O3S2. The summed E-state index contributed by atoms with van der Waals surface area (Å²) in [5, 5.41) is 0. The van der Waals surface area contributed by atoms with E-state index in [-0.39, 0.29) is 23.9 Å². The Morgan fingerprint density at radius 1 is 1.14 bits per heavy atom. The maximum absolute atomic E-state index is 13.1. The van der Waals surface area contributed by atoms with Crippen LogP contribution in [0, 0.1) is 11.7 Å². The third kappa shape index (κ3) is 3.73. The maximum atomic E-state index is 13.1. The van der Waals surface area contributed by atoms with Gasteiger partial charge in [0.2, 0.25) is 10.0 Å². The summed E-state index contributed by atoms with van der Waals surface area (Å²) in [6.45, 7) is 3.44. The van der Waals surface area contributed by atoms with E-state index >= 15 is 0 Å². The Bertz CT molecular complexity index is 977. The molecule has 2 heterocycles. The fourth-order valence-corrected chi connectivity index (χ4v) is 6.45. The second kappa shape index (κ2) is 7.57. The summed E-state index contributed by atoms with van der Waals surface area (Å²) in [6, 6.07) is 6.87. The van der Waals surface area contributed by atoms with E-state index in [0.717, 1.165) is 29.9 Å². The van der Waals surface area contributed by atoms with Crippen LogP contribution in [-0.4, -0.2) is 49.7 Å². The lowest BCUT2D eigenvalue weighted by molar-refractivity contribution is 0.0702. The summed E-state index contributed by atoms with van der Waals surface area (Å²) in [7, 11) is -3.67. The Kier molecular flexibility index (Phi) is 5.28. The minimum atomic E-state index is -3.67. The van der Waals surface area contributed by atoms with E-state index in [9.17, 15) is 17.6 Å². The molecule has 1 aliphatic heterocycles. The second-order valence-electron chi connectivity index (χ2n) is 7.56. The number of sulfonamides is 1. The smallest absolute Gasteiger partial charge is 0.264 e. The molecule has 1 aromatic heterocycles. The van der Waals surface area contributed by atoms with Crippen molar-refractivity contribution in [3.05, 3.63) is 51.5 Å². The van der Waals surface area contributed by atoms with E-state index in [0.29, 0.717) is 19.0 Å². The highest BCUT2D eigenvalue weighted by Crippen LogP contribution is 2.33. The van der Waals surface area contributed by atoms with Crippen LogP contribution in [0.5, 0.6) is 0 Å². The molecule has 1 aromatic carbocycles. The zero-order valence-electron chi connectivity index (χ0n) is 15.7. The highest BCUT2D eigenvalue weighted by atomic mass is 32.2. The van der Waals surface area contributed by atoms with Crippen molar-refractivity contribution in [1.29, 1.82) is 0 Å². The van der Waals surface area contributed by atoms with Gasteiger partial charge in [0, 0.05) is 31.1 Å². The number of carbonyl (C=O) groups is 1. The van der Waals surface area contributed by atoms with E-state index in [1.807, 2.05) is 6.07 Å². The number of carbonyl (C=O) groups excluding carboxylic acids is 1. The Labute approximate surface area is 168 Å². The van der Waals surface area contributed by atoms with Crippen LogP contribution in [0.25, 0.3) is 0 Å². The minimum absolute atomic E-state index is 0.00844. The summed E-state index contributed by atoms with van der Waals surface area (Å²) in [5.41, 5.74) is 1.30. The van der Waals surface area contributed by atoms with Gasteiger partial charge in [-0.2, -0.15) is 4.31 Å². The zero-order chi connectivity index (χ0) is 19.9. The Balaban J connectivity index is 1.42. The molecule has 1 atom stereocenters. The van der Waals surface area contributed by atoms with Crippen LogP contribution in [0.4, 0.5) is 4.39 Å². The van der Waals surface area contributed by atoms with Gasteiger partial charge in [0.1, 0.15) is 5.82 Å². The lowest BCUT2D eigenvalue weighted by Gasteiger charge is -2.33. The Hall–Kier alpha value is -1.77. The number of hydrogen-bond acceptors (Lipinski definition) is 4. The zero-order valence-corrected chi connectivity index (χ0v) is 17.4. The van der Waals surface area contributed by atoms with Gasteiger partial charge in [-0.25, -0.2) is 12.8 Å². The number of fused-ring (bicyclic) bond motifs is 1. The number of piperazine rings is 1. The first-order valence-electron chi connectivity index (χ1n) is 9.51. The summed E-state index contributed by atoms with van der Waals surface area (Å²) in [4.78, 5) is 16.8. The lowest BCUT2D eigenvalue weighted by Crippen LogP contribution is -2.50. The lowest BCUT2D eigenvalue weighted by atomic mass is 9.90. The standard InChI is InChI=1S/C20H23FN2O3S2/c1-14-2-7-18-15(12-14)13-19(27-18)20(24)22-8-10-23(11-9-22)28(25,26)17-5-3-16(21)4-6-17/h3-6,13-14H,2,7-12H2,1H3/t14-/m0/s1. The molecule has 1 fully saturated rings. The van der Waals surface area contributed by atoms with Crippen molar-refractivity contribution in [3.63, 3.8) is 0 Å². The van der Waals surface area contributed by atoms with Crippen LogP contribution in [-0.2, 0) is 22.9 Å². The molecule has 5 nitrogen and oxygen atoms in total. The highest BCUT2D eigenvalue weighted by molar-refractivity contribution is 7.89. The topological polar surface area (TPSA) is 57.7 Å². The Morgan fingerprint density at radius 3 is 2.50 bits per heavy atom. The predicted octanol–water partition coefficient (Wildman–Crippen LogP) is 3.16. The van der Waals surface area contributed by atoms with Gasteiger partial charge in [-0.15, -0.1) is 11.3 Å². The normalized spacial score (nSPS) is 20.8. The predicted molar refractivity (Wildman–Crippen MR) is 107 cm³/mol. The van der Waals surface area contributed by atoms with Gasteiger partial charge in [-0.1, -0.05) is 6.92 Å². The van der Waals surface area contributed by atoms with Gasteiger partial charge in [-0.05, 0) is 61.1 Å². The third-order valence-electron chi connectivity index (χ3n) is 5.52. The molecule has 0 spiro atoms. The molecule has 2 aromatic rings. The van der Waals surface area contributed by atoms with Crippen molar-refractivity contribution in [2.24, 2.45) is 5.92 Å². The largest absolute Gasteiger partial charge is 0.335 e. The van der Waals surface area contributed by atoms with Gasteiger partial charge in [0.25, 0.3) is 5.91 Å². The van der Waals surface area contributed by atoms with Crippen LogP contribution >= 0.6 is 11.3 Å². The number of rotatable bonds is 3. The molecule has 28 heavy (non-hydrogen) atoms. The second-order valence-corrected chi connectivity index (χ2v) is 10.6. The Morgan fingerprint density at radius 2 is 1.82 bits per heavy atom. The summed E-state index contributed by atoms with van der Waals surface area (Å²) in [5.74, 6) is 0.179. The summed E-state index contributed by atoms with van der Waals surface area (Å²) < 4.78 is 39.9. The summed E-state index contributed by atoms with van der Waals surface area (Å²) >= 11 is 1.59. The number of benzene rings is 1. The fraction of sp³-hybridized carbons (Fsp3) is 0.450. The SMILES string of the molecule is C[C@H]1CCc2sc(C(=O)N3CCN(S(=O)(=O)c4ccc(F)cc4)CC3)cc2C1. The molecule has 0 saturated carbocycles. The molecule has 0 bridgehead atoms. The first-order valence-corrected chi connectivity index (χ1v) is 11.8. The average Bonchev–Trinajstić information content (AvgIpc) is 3.11. The van der Waals surface area contributed by atoms with E-state index in [1.165, 1.54) is 33.3 Å². The van der Waals surface area contributed by atoms with Crippen molar-refractivity contribution in [3.8, 4) is 0 Å². The number of halogens is 1.